The Bertz CT molecular complexity index is 811. The molecule has 0 bridgehead atoms. The number of hydrogen-bond acceptors (Lipinski definition) is 5. The van der Waals surface area contributed by atoms with Crippen LogP contribution in [0.15, 0.2) is 24.4 Å². The fourth-order valence-electron chi connectivity index (χ4n) is 2.47. The molecule has 0 aliphatic rings. The molecule has 0 saturated heterocycles. The Kier molecular flexibility index (Phi) is 4.78. The van der Waals surface area contributed by atoms with E-state index in [1.165, 1.54) is 14.0 Å². The van der Waals surface area contributed by atoms with Gasteiger partial charge >= 0.3 is 11.9 Å². The van der Waals surface area contributed by atoms with Crippen LogP contribution in [0.5, 0.6) is 0 Å². The zero-order valence-corrected chi connectivity index (χ0v) is 14.5. The van der Waals surface area contributed by atoms with Crippen molar-refractivity contribution in [3.63, 3.8) is 0 Å². The van der Waals surface area contributed by atoms with E-state index in [-0.39, 0.29) is 12.3 Å². The van der Waals surface area contributed by atoms with Gasteiger partial charge in [-0.3, -0.25) is 9.59 Å². The molecule has 2 aromatic rings. The zero-order valence-electron chi connectivity index (χ0n) is 14.5. The molecule has 0 aliphatic heterocycles. The number of carbonyl (C=O) groups is 3. The molecule has 6 heteroatoms. The molecule has 128 valence electrons. The van der Waals surface area contributed by atoms with E-state index in [9.17, 15) is 14.4 Å². The van der Waals surface area contributed by atoms with Crippen LogP contribution in [0, 0.1) is 0 Å². The van der Waals surface area contributed by atoms with Gasteiger partial charge in [0.25, 0.3) is 0 Å². The maximum absolute atomic E-state index is 12.1. The van der Waals surface area contributed by atoms with Gasteiger partial charge in [0, 0.05) is 22.7 Å². The van der Waals surface area contributed by atoms with E-state index in [0.717, 1.165) is 0 Å². The first kappa shape index (κ1) is 17.7. The topological polar surface area (TPSA) is 74.6 Å². The first-order valence-electron chi connectivity index (χ1n) is 7.56. The Morgan fingerprint density at radius 1 is 1.17 bits per heavy atom. The minimum absolute atomic E-state index is 0.0153. The highest BCUT2D eigenvalue weighted by Gasteiger charge is 2.20. The Morgan fingerprint density at radius 2 is 1.83 bits per heavy atom. The third-order valence-corrected chi connectivity index (χ3v) is 3.40. The molecular weight excluding hydrogens is 310 g/mol. The molecule has 1 aromatic heterocycles. The van der Waals surface area contributed by atoms with E-state index in [0.29, 0.717) is 22.0 Å². The summed E-state index contributed by atoms with van der Waals surface area (Å²) in [5, 5.41) is 0.606. The van der Waals surface area contributed by atoms with Crippen molar-refractivity contribution in [1.82, 2.24) is 4.57 Å². The lowest BCUT2D eigenvalue weighted by atomic mass is 10.1. The minimum atomic E-state index is -0.582. The van der Waals surface area contributed by atoms with Crippen molar-refractivity contribution >= 4 is 28.6 Å². The average Bonchev–Trinajstić information content (AvgIpc) is 2.82. The first-order valence-corrected chi connectivity index (χ1v) is 7.56. The number of ether oxygens (including phenoxy) is 2. The summed E-state index contributed by atoms with van der Waals surface area (Å²) in [5.74, 6) is -1.03. The quantitative estimate of drug-likeness (QED) is 0.636. The van der Waals surface area contributed by atoms with E-state index in [2.05, 4.69) is 0 Å². The Hall–Kier alpha value is -2.63. The number of rotatable bonds is 4. The molecule has 0 aliphatic carbocycles. The van der Waals surface area contributed by atoms with E-state index < -0.39 is 17.5 Å². The maximum atomic E-state index is 12.1. The van der Waals surface area contributed by atoms with Gasteiger partial charge in [-0.25, -0.2) is 4.79 Å². The number of Topliss-reactive ketones (excluding diaryl/α,β-unsaturated/α-hetero) is 1. The summed E-state index contributed by atoms with van der Waals surface area (Å²) in [5.41, 5.74) is 0.891. The third-order valence-electron chi connectivity index (χ3n) is 3.40. The fraction of sp³-hybridized carbons (Fsp3) is 0.389. The second-order valence-electron chi connectivity index (χ2n) is 6.54. The van der Waals surface area contributed by atoms with Gasteiger partial charge in [-0.2, -0.15) is 0 Å². The second kappa shape index (κ2) is 6.47. The van der Waals surface area contributed by atoms with Crippen LogP contribution in [0.2, 0.25) is 0 Å². The van der Waals surface area contributed by atoms with Gasteiger partial charge in [-0.15, -0.1) is 0 Å². The SMILES string of the molecule is COC(=O)c1ccc2c(c1)c(C(C)=O)cn2CC(=O)OC(C)(C)C. The molecule has 0 N–H and O–H groups in total. The number of carbonyl (C=O) groups excluding carboxylic acids is 3. The summed E-state index contributed by atoms with van der Waals surface area (Å²) in [6.07, 6.45) is 1.61. The largest absolute Gasteiger partial charge is 0.465 e. The number of ketones is 1. The lowest BCUT2D eigenvalue weighted by molar-refractivity contribution is -0.155. The van der Waals surface area contributed by atoms with Crippen LogP contribution in [-0.4, -0.2) is 35.0 Å². The van der Waals surface area contributed by atoms with Crippen LogP contribution in [0.4, 0.5) is 0 Å². The number of methoxy groups -OCH3 is 1. The van der Waals surface area contributed by atoms with Crippen molar-refractivity contribution in [1.29, 1.82) is 0 Å². The normalized spacial score (nSPS) is 11.4. The smallest absolute Gasteiger partial charge is 0.337 e. The Balaban J connectivity index is 2.46. The van der Waals surface area contributed by atoms with Crippen molar-refractivity contribution in [2.75, 3.05) is 7.11 Å². The van der Waals surface area contributed by atoms with Gasteiger partial charge in [0.2, 0.25) is 0 Å². The molecular formula is C18H21NO5. The van der Waals surface area contributed by atoms with Crippen LogP contribution in [0.1, 0.15) is 48.4 Å². The Morgan fingerprint density at radius 3 is 2.38 bits per heavy atom. The minimum Gasteiger partial charge on any atom is -0.465 e. The second-order valence-corrected chi connectivity index (χ2v) is 6.54. The average molecular weight is 331 g/mol. The summed E-state index contributed by atoms with van der Waals surface area (Å²) in [6.45, 7) is 6.81. The van der Waals surface area contributed by atoms with E-state index >= 15 is 0 Å². The molecule has 0 unspecified atom stereocenters. The number of aromatic nitrogens is 1. The molecule has 0 radical (unpaired) electrons. The van der Waals surface area contributed by atoms with Crippen LogP contribution < -0.4 is 0 Å². The van der Waals surface area contributed by atoms with E-state index in [4.69, 9.17) is 9.47 Å². The molecule has 0 atom stereocenters. The van der Waals surface area contributed by atoms with Gasteiger partial charge in [-0.1, -0.05) is 0 Å². The van der Waals surface area contributed by atoms with Gasteiger partial charge in [0.1, 0.15) is 12.1 Å². The van der Waals surface area contributed by atoms with Crippen LogP contribution in [0.25, 0.3) is 10.9 Å². The number of nitrogens with zero attached hydrogens (tertiary/aromatic N) is 1. The predicted octanol–water partition coefficient (Wildman–Crippen LogP) is 2.97. The van der Waals surface area contributed by atoms with Crippen LogP contribution >= 0.6 is 0 Å². The Labute approximate surface area is 140 Å². The van der Waals surface area contributed by atoms with Crippen molar-refractivity contribution in [3.8, 4) is 0 Å². The summed E-state index contributed by atoms with van der Waals surface area (Å²) >= 11 is 0. The molecule has 0 spiro atoms. The molecule has 1 aromatic carbocycles. The van der Waals surface area contributed by atoms with E-state index in [1.54, 1.807) is 49.7 Å². The highest BCUT2D eigenvalue weighted by molar-refractivity contribution is 6.08. The number of fused-ring (bicyclic) bond motifs is 1. The molecule has 24 heavy (non-hydrogen) atoms. The van der Waals surface area contributed by atoms with Crippen molar-refractivity contribution in [3.05, 3.63) is 35.5 Å². The van der Waals surface area contributed by atoms with Crippen molar-refractivity contribution in [2.45, 2.75) is 39.8 Å². The third kappa shape index (κ3) is 3.82. The maximum Gasteiger partial charge on any atom is 0.337 e. The lowest BCUT2D eigenvalue weighted by Crippen LogP contribution is -2.26. The van der Waals surface area contributed by atoms with Gasteiger partial charge in [0.15, 0.2) is 5.78 Å². The number of hydrogen-bond donors (Lipinski definition) is 0. The van der Waals surface area contributed by atoms with Gasteiger partial charge in [-0.05, 0) is 45.9 Å². The zero-order chi connectivity index (χ0) is 18.1. The molecule has 2 rings (SSSR count). The monoisotopic (exact) mass is 331 g/mol. The van der Waals surface area contributed by atoms with Crippen LogP contribution in [0.3, 0.4) is 0 Å². The molecule has 1 heterocycles. The van der Waals surface area contributed by atoms with Gasteiger partial charge < -0.3 is 14.0 Å². The summed E-state index contributed by atoms with van der Waals surface area (Å²) < 4.78 is 11.7. The van der Waals surface area contributed by atoms with Crippen molar-refractivity contribution in [2.24, 2.45) is 0 Å². The lowest BCUT2D eigenvalue weighted by Gasteiger charge is -2.19. The fourth-order valence-corrected chi connectivity index (χ4v) is 2.47. The summed E-state index contributed by atoms with van der Waals surface area (Å²) in [6, 6.07) is 4.89. The van der Waals surface area contributed by atoms with Crippen molar-refractivity contribution < 1.29 is 23.9 Å². The number of benzene rings is 1. The standard InChI is InChI=1S/C18H21NO5/c1-11(20)14-9-19(10-16(21)24-18(2,3)4)15-7-6-12(8-13(14)15)17(22)23-5/h6-9H,10H2,1-5H3. The molecule has 6 nitrogen and oxygen atoms in total. The molecule has 0 fully saturated rings. The highest BCUT2D eigenvalue weighted by atomic mass is 16.6. The first-order chi connectivity index (χ1) is 11.1. The summed E-state index contributed by atoms with van der Waals surface area (Å²) in [4.78, 5) is 35.7. The van der Waals surface area contributed by atoms with Crippen LogP contribution in [-0.2, 0) is 20.8 Å². The molecule has 0 amide bonds. The molecule has 0 saturated carbocycles. The van der Waals surface area contributed by atoms with E-state index in [1.807, 2.05) is 0 Å². The summed E-state index contributed by atoms with van der Waals surface area (Å²) in [7, 11) is 1.30. The van der Waals surface area contributed by atoms with Gasteiger partial charge in [0.05, 0.1) is 12.7 Å². The highest BCUT2D eigenvalue weighted by Crippen LogP contribution is 2.24. The number of esters is 2. The predicted molar refractivity (Wildman–Crippen MR) is 89.1 cm³/mol.